The minimum absolute atomic E-state index is 0.0630. The van der Waals surface area contributed by atoms with Gasteiger partial charge >= 0.3 is 5.97 Å². The topological polar surface area (TPSA) is 88.4 Å². The molecule has 8 heteroatoms. The van der Waals surface area contributed by atoms with Crippen molar-refractivity contribution in [3.05, 3.63) is 29.6 Å². The van der Waals surface area contributed by atoms with Crippen molar-refractivity contribution in [3.8, 4) is 0 Å². The zero-order valence-electron chi connectivity index (χ0n) is 10.4. The predicted octanol–water partition coefficient (Wildman–Crippen LogP) is 1.63. The molecule has 0 atom stereocenters. The highest BCUT2D eigenvalue weighted by Crippen LogP contribution is 2.15. The molecule has 0 unspecified atom stereocenters. The fourth-order valence-electron chi connectivity index (χ4n) is 1.49. The molecular weight excluding hydrogens is 292 g/mol. The molecule has 1 aromatic rings. The van der Waals surface area contributed by atoms with E-state index >= 15 is 0 Å². The van der Waals surface area contributed by atoms with Crippen molar-refractivity contribution in [3.63, 3.8) is 0 Å². The minimum Gasteiger partial charge on any atom is -0.477 e. The Morgan fingerprint density at radius 2 is 2.21 bits per heavy atom. The molecule has 0 bridgehead atoms. The maximum atomic E-state index is 11.9. The number of hydrogen-bond acceptors (Lipinski definition) is 3. The van der Waals surface area contributed by atoms with Crippen LogP contribution in [0.5, 0.6) is 0 Å². The minimum atomic E-state index is -3.79. The molecule has 0 saturated heterocycles. The third-order valence-corrected chi connectivity index (χ3v) is 3.82. The second-order valence-electron chi connectivity index (χ2n) is 3.90. The average molecular weight is 307 g/mol. The summed E-state index contributed by atoms with van der Waals surface area (Å²) in [5.41, 5.74) is -0.0630. The first-order chi connectivity index (χ1) is 8.77. The third-order valence-electron chi connectivity index (χ3n) is 2.32. The number of nitrogens with zero attached hydrogens (tertiary/aromatic N) is 1. The van der Waals surface area contributed by atoms with E-state index < -0.39 is 16.0 Å². The summed E-state index contributed by atoms with van der Waals surface area (Å²) in [6.45, 7) is 5.57. The summed E-state index contributed by atoms with van der Waals surface area (Å²) in [4.78, 5) is 10.9. The monoisotopic (exact) mass is 306 g/mol. The van der Waals surface area contributed by atoms with Crippen molar-refractivity contribution >= 4 is 27.6 Å². The van der Waals surface area contributed by atoms with Gasteiger partial charge in [-0.1, -0.05) is 25.1 Å². The van der Waals surface area contributed by atoms with Gasteiger partial charge in [0.2, 0.25) is 10.0 Å². The third kappa shape index (κ3) is 4.09. The molecule has 0 aliphatic heterocycles. The van der Waals surface area contributed by atoms with Gasteiger partial charge in [-0.25, -0.2) is 17.9 Å². The fraction of sp³-hybridized carbons (Fsp3) is 0.364. The van der Waals surface area contributed by atoms with E-state index in [1.165, 1.54) is 10.8 Å². The number of aromatic nitrogens is 1. The van der Waals surface area contributed by atoms with Crippen LogP contribution in [0, 0.1) is 0 Å². The van der Waals surface area contributed by atoms with Gasteiger partial charge in [-0.05, 0) is 12.5 Å². The van der Waals surface area contributed by atoms with Gasteiger partial charge in [0, 0.05) is 24.3 Å². The van der Waals surface area contributed by atoms with Crippen molar-refractivity contribution < 1.29 is 18.3 Å². The van der Waals surface area contributed by atoms with E-state index in [4.69, 9.17) is 16.7 Å². The van der Waals surface area contributed by atoms with Crippen LogP contribution in [-0.4, -0.2) is 30.6 Å². The lowest BCUT2D eigenvalue weighted by Crippen LogP contribution is -2.24. The van der Waals surface area contributed by atoms with E-state index in [-0.39, 0.29) is 22.2 Å². The molecule has 1 heterocycles. The zero-order valence-corrected chi connectivity index (χ0v) is 12.0. The lowest BCUT2D eigenvalue weighted by Gasteiger charge is -2.03. The number of hydrogen-bond donors (Lipinski definition) is 2. The number of nitrogens with one attached hydrogen (secondary N) is 1. The van der Waals surface area contributed by atoms with Gasteiger partial charge in [0.05, 0.1) is 0 Å². The van der Waals surface area contributed by atoms with E-state index in [1.807, 2.05) is 6.92 Å². The molecular formula is C11H15ClN2O4S. The number of carbonyl (C=O) groups is 1. The highest BCUT2D eigenvalue weighted by Gasteiger charge is 2.20. The summed E-state index contributed by atoms with van der Waals surface area (Å²) in [6.07, 6.45) is 1.99. The maximum Gasteiger partial charge on any atom is 0.352 e. The number of aryl methyl sites for hydroxylation is 1. The van der Waals surface area contributed by atoms with Crippen LogP contribution >= 0.6 is 11.6 Å². The van der Waals surface area contributed by atoms with E-state index in [0.29, 0.717) is 13.0 Å². The van der Waals surface area contributed by atoms with Gasteiger partial charge in [-0.15, -0.1) is 0 Å². The summed E-state index contributed by atoms with van der Waals surface area (Å²) in [5.74, 6) is -1.17. The smallest absolute Gasteiger partial charge is 0.352 e. The maximum absolute atomic E-state index is 11.9. The molecule has 2 N–H and O–H groups in total. The van der Waals surface area contributed by atoms with Gasteiger partial charge in [0.25, 0.3) is 0 Å². The second kappa shape index (κ2) is 6.23. The first-order valence-corrected chi connectivity index (χ1v) is 7.40. The van der Waals surface area contributed by atoms with Gasteiger partial charge in [0.1, 0.15) is 10.6 Å². The largest absolute Gasteiger partial charge is 0.477 e. The lowest BCUT2D eigenvalue weighted by molar-refractivity contribution is 0.0685. The molecule has 0 aromatic carbocycles. The molecule has 0 radical (unpaired) electrons. The van der Waals surface area contributed by atoms with Crippen molar-refractivity contribution in [2.24, 2.45) is 0 Å². The Morgan fingerprint density at radius 3 is 2.68 bits per heavy atom. The van der Waals surface area contributed by atoms with E-state index in [0.717, 1.165) is 6.07 Å². The summed E-state index contributed by atoms with van der Waals surface area (Å²) in [5, 5.41) is 9.17. The molecule has 0 fully saturated rings. The number of sulfonamides is 1. The van der Waals surface area contributed by atoms with Crippen molar-refractivity contribution in [2.75, 3.05) is 6.54 Å². The standard InChI is InChI=1S/C11H15ClN2O4S/c1-3-4-14-7-9(5-10(14)11(15)16)19(17,18)13-6-8(2)12/h5,7,13H,2-4,6H2,1H3,(H,15,16). The summed E-state index contributed by atoms with van der Waals surface area (Å²) < 4.78 is 27.4. The van der Waals surface area contributed by atoms with E-state index in [2.05, 4.69) is 11.3 Å². The van der Waals surface area contributed by atoms with Gasteiger partial charge in [-0.2, -0.15) is 0 Å². The quantitative estimate of drug-likeness (QED) is 0.801. The Hall–Kier alpha value is -1.31. The molecule has 106 valence electrons. The predicted molar refractivity (Wildman–Crippen MR) is 71.9 cm³/mol. The van der Waals surface area contributed by atoms with Crippen molar-refractivity contribution in [1.29, 1.82) is 0 Å². The van der Waals surface area contributed by atoms with Crippen molar-refractivity contribution in [2.45, 2.75) is 24.8 Å². The Balaban J connectivity index is 3.10. The van der Waals surface area contributed by atoms with E-state index in [9.17, 15) is 13.2 Å². The first kappa shape index (κ1) is 15.7. The molecule has 0 amide bonds. The molecule has 0 spiro atoms. The van der Waals surface area contributed by atoms with Crippen LogP contribution in [0.3, 0.4) is 0 Å². The molecule has 0 aliphatic carbocycles. The normalized spacial score (nSPS) is 11.5. The first-order valence-electron chi connectivity index (χ1n) is 5.54. The van der Waals surface area contributed by atoms with Crippen LogP contribution < -0.4 is 4.72 Å². The molecule has 19 heavy (non-hydrogen) atoms. The number of carboxylic acids is 1. The van der Waals surface area contributed by atoms with Crippen LogP contribution in [0.1, 0.15) is 23.8 Å². The Bertz CT molecular complexity index is 592. The van der Waals surface area contributed by atoms with Gasteiger partial charge < -0.3 is 9.67 Å². The average Bonchev–Trinajstić information content (AvgIpc) is 2.72. The molecule has 0 aliphatic rings. The van der Waals surface area contributed by atoms with Crippen LogP contribution in [0.2, 0.25) is 0 Å². The van der Waals surface area contributed by atoms with Crippen LogP contribution in [0.25, 0.3) is 0 Å². The van der Waals surface area contributed by atoms with Gasteiger partial charge in [-0.3, -0.25) is 0 Å². The Labute approximate surface area is 116 Å². The lowest BCUT2D eigenvalue weighted by atomic mass is 10.4. The molecule has 6 nitrogen and oxygen atoms in total. The van der Waals surface area contributed by atoms with Crippen LogP contribution in [-0.2, 0) is 16.6 Å². The van der Waals surface area contributed by atoms with Crippen LogP contribution in [0.15, 0.2) is 28.8 Å². The summed E-state index contributed by atoms with van der Waals surface area (Å²) >= 11 is 5.49. The summed E-state index contributed by atoms with van der Waals surface area (Å²) in [6, 6.07) is 1.12. The molecule has 1 rings (SSSR count). The fourth-order valence-corrected chi connectivity index (χ4v) is 2.70. The number of carboxylic acid groups (broad SMARTS) is 1. The molecule has 1 aromatic heterocycles. The Morgan fingerprint density at radius 1 is 1.58 bits per heavy atom. The van der Waals surface area contributed by atoms with Crippen molar-refractivity contribution in [1.82, 2.24) is 9.29 Å². The number of aromatic carboxylic acids is 1. The van der Waals surface area contributed by atoms with Gasteiger partial charge in [0.15, 0.2) is 0 Å². The second-order valence-corrected chi connectivity index (χ2v) is 6.20. The summed E-state index contributed by atoms with van der Waals surface area (Å²) in [7, 11) is -3.79. The zero-order chi connectivity index (χ0) is 14.6. The number of halogens is 1. The van der Waals surface area contributed by atoms with Crippen LogP contribution in [0.4, 0.5) is 0 Å². The SMILES string of the molecule is C=C(Cl)CNS(=O)(=O)c1cc(C(=O)O)n(CCC)c1. The van der Waals surface area contributed by atoms with E-state index in [1.54, 1.807) is 0 Å². The number of rotatable bonds is 7. The Kier molecular flexibility index (Phi) is 5.16. The highest BCUT2D eigenvalue weighted by molar-refractivity contribution is 7.89. The highest BCUT2D eigenvalue weighted by atomic mass is 35.5. The molecule has 0 saturated carbocycles.